The first kappa shape index (κ1) is 18.8. The lowest BCUT2D eigenvalue weighted by molar-refractivity contribution is 0.0660. The van der Waals surface area contributed by atoms with Gasteiger partial charge in [-0.1, -0.05) is 91.1 Å². The molecule has 8 rings (SSSR count). The monoisotopic (exact) mass is 442 g/mol. The summed E-state index contributed by atoms with van der Waals surface area (Å²) in [5.74, 6) is 0.237. The van der Waals surface area contributed by atoms with Crippen molar-refractivity contribution < 1.29 is 4.42 Å². The van der Waals surface area contributed by atoms with Gasteiger partial charge in [0.2, 0.25) is 0 Å². The Bertz CT molecular complexity index is 1580. The number of nitrogens with one attached hydrogen (secondary N) is 1. The largest absolute Gasteiger partial charge is 0.456 e. The van der Waals surface area contributed by atoms with Gasteiger partial charge < -0.3 is 9.32 Å². The molecular formula is C31H26N2O. The van der Waals surface area contributed by atoms with Gasteiger partial charge >= 0.3 is 0 Å². The Morgan fingerprint density at radius 2 is 1.71 bits per heavy atom. The maximum absolute atomic E-state index is 6.62. The first-order valence-corrected chi connectivity index (χ1v) is 12.2. The molecule has 0 saturated carbocycles. The van der Waals surface area contributed by atoms with Crippen molar-refractivity contribution in [1.82, 2.24) is 10.2 Å². The molecule has 1 N–H and O–H groups in total. The van der Waals surface area contributed by atoms with Crippen LogP contribution >= 0.6 is 0 Å². The molecule has 2 spiro atoms. The Kier molecular flexibility index (Phi) is 3.28. The zero-order valence-electron chi connectivity index (χ0n) is 19.3. The van der Waals surface area contributed by atoms with Crippen LogP contribution in [0.3, 0.4) is 0 Å². The van der Waals surface area contributed by atoms with Crippen molar-refractivity contribution in [1.29, 1.82) is 0 Å². The van der Waals surface area contributed by atoms with Gasteiger partial charge in [-0.3, -0.25) is 5.32 Å². The van der Waals surface area contributed by atoms with E-state index in [-0.39, 0.29) is 17.4 Å². The van der Waals surface area contributed by atoms with E-state index in [1.165, 1.54) is 27.6 Å². The minimum atomic E-state index is -0.408. The molecule has 0 amide bonds. The molecule has 166 valence electrons. The van der Waals surface area contributed by atoms with E-state index in [2.05, 4.69) is 127 Å². The highest BCUT2D eigenvalue weighted by Crippen LogP contribution is 2.65. The molecule has 34 heavy (non-hydrogen) atoms. The van der Waals surface area contributed by atoms with Crippen molar-refractivity contribution in [2.24, 2.45) is 11.3 Å². The van der Waals surface area contributed by atoms with Gasteiger partial charge in [0.05, 0.1) is 5.54 Å². The van der Waals surface area contributed by atoms with Gasteiger partial charge in [0.1, 0.15) is 16.8 Å². The van der Waals surface area contributed by atoms with Gasteiger partial charge in [-0.25, -0.2) is 0 Å². The normalized spacial score (nSPS) is 33.5. The fourth-order valence-corrected chi connectivity index (χ4v) is 7.46. The van der Waals surface area contributed by atoms with E-state index in [0.717, 1.165) is 11.2 Å². The van der Waals surface area contributed by atoms with Crippen molar-refractivity contribution in [3.8, 4) is 0 Å². The van der Waals surface area contributed by atoms with Crippen LogP contribution in [0.2, 0.25) is 0 Å². The van der Waals surface area contributed by atoms with Gasteiger partial charge in [-0.15, -0.1) is 0 Å². The molecule has 1 aromatic heterocycles. The lowest BCUT2D eigenvalue weighted by atomic mass is 9.69. The highest BCUT2D eigenvalue weighted by atomic mass is 16.3. The number of para-hydroxylation sites is 1. The number of fused-ring (bicyclic) bond motifs is 12. The first-order chi connectivity index (χ1) is 16.6. The first-order valence-electron chi connectivity index (χ1n) is 12.2. The Morgan fingerprint density at radius 1 is 0.882 bits per heavy atom. The van der Waals surface area contributed by atoms with E-state index in [1.807, 2.05) is 0 Å². The molecule has 5 aliphatic rings. The number of rotatable bonds is 0. The Morgan fingerprint density at radius 3 is 2.59 bits per heavy atom. The van der Waals surface area contributed by atoms with E-state index in [0.29, 0.717) is 0 Å². The number of hydrogen-bond donors (Lipinski definition) is 1. The minimum Gasteiger partial charge on any atom is -0.456 e. The molecule has 1 fully saturated rings. The van der Waals surface area contributed by atoms with Crippen LogP contribution in [0.1, 0.15) is 25.0 Å². The standard InChI is InChI=1S/C31H26N2O/c1-20-10-9-14-26-29(2)17-6-5-13-25(29)31(33(20)26)23-16-15-22-21-11-3-4-12-24(21)34-28(22)27(23)30(32-31)18-7-8-19-30/h3-20,25,32H,1-2H3/t20?,25-,29?,31-/m0/s1. The second-order valence-corrected chi connectivity index (χ2v) is 10.5. The van der Waals surface area contributed by atoms with Crippen molar-refractivity contribution in [2.45, 2.75) is 31.1 Å². The number of furan rings is 1. The summed E-state index contributed by atoms with van der Waals surface area (Å²) in [4.78, 5) is 2.64. The topological polar surface area (TPSA) is 28.4 Å². The maximum atomic E-state index is 6.62. The fourth-order valence-electron chi connectivity index (χ4n) is 7.46. The average molecular weight is 443 g/mol. The van der Waals surface area contributed by atoms with Crippen LogP contribution in [-0.2, 0) is 11.2 Å². The highest BCUT2D eigenvalue weighted by Gasteiger charge is 2.68. The molecule has 4 heterocycles. The predicted molar refractivity (Wildman–Crippen MR) is 137 cm³/mol. The van der Waals surface area contributed by atoms with Gasteiger partial charge in [0.15, 0.2) is 0 Å². The summed E-state index contributed by atoms with van der Waals surface area (Å²) in [5, 5.41) is 6.59. The molecule has 3 nitrogen and oxygen atoms in total. The SMILES string of the molecule is CC1C=CC=C2N1[C@]1(NC3(C=CC=C3)c3c1ccc1c3oc3ccccc31)[C@H]1C=CC=CC21C. The summed E-state index contributed by atoms with van der Waals surface area (Å²) < 4.78 is 6.62. The van der Waals surface area contributed by atoms with Crippen LogP contribution in [0, 0.1) is 11.3 Å². The third-order valence-electron chi connectivity index (χ3n) is 8.79. The third kappa shape index (κ3) is 1.93. The number of benzene rings is 2. The maximum Gasteiger partial charge on any atom is 0.141 e. The molecule has 0 radical (unpaired) electrons. The summed E-state index contributed by atoms with van der Waals surface area (Å²) in [7, 11) is 0. The molecule has 4 atom stereocenters. The second-order valence-electron chi connectivity index (χ2n) is 10.5. The van der Waals surface area contributed by atoms with Gasteiger partial charge in [-0.05, 0) is 26.0 Å². The van der Waals surface area contributed by atoms with E-state index in [9.17, 15) is 0 Å². The summed E-state index contributed by atoms with van der Waals surface area (Å²) in [6.07, 6.45) is 25.0. The molecule has 1 saturated heterocycles. The molecule has 2 aromatic carbocycles. The number of nitrogens with zero attached hydrogens (tertiary/aromatic N) is 1. The molecular weight excluding hydrogens is 416 g/mol. The molecule has 0 bridgehead atoms. The Balaban J connectivity index is 1.51. The summed E-state index contributed by atoms with van der Waals surface area (Å²) >= 11 is 0. The molecule has 2 unspecified atom stereocenters. The third-order valence-corrected chi connectivity index (χ3v) is 8.79. The molecule has 3 aliphatic heterocycles. The minimum absolute atomic E-state index is 0.0988. The number of hydrogen-bond acceptors (Lipinski definition) is 3. The van der Waals surface area contributed by atoms with Crippen LogP contribution in [-0.4, -0.2) is 10.9 Å². The van der Waals surface area contributed by atoms with Gasteiger partial charge in [-0.2, -0.15) is 0 Å². The summed E-state index contributed by atoms with van der Waals surface area (Å²) in [5.41, 5.74) is 4.98. The fraction of sp³-hybridized carbons (Fsp3) is 0.226. The van der Waals surface area contributed by atoms with Crippen LogP contribution in [0.15, 0.2) is 113 Å². The van der Waals surface area contributed by atoms with Gasteiger partial charge in [0, 0.05) is 45.0 Å². The van der Waals surface area contributed by atoms with Crippen LogP contribution in [0.4, 0.5) is 0 Å². The Hall–Kier alpha value is -3.56. The quantitative estimate of drug-likeness (QED) is 0.427. The molecule has 2 aliphatic carbocycles. The van der Waals surface area contributed by atoms with E-state index < -0.39 is 11.2 Å². The summed E-state index contributed by atoms with van der Waals surface area (Å²) in [6, 6.07) is 13.3. The Labute approximate surface area is 199 Å². The predicted octanol–water partition coefficient (Wildman–Crippen LogP) is 6.57. The van der Waals surface area contributed by atoms with Crippen LogP contribution in [0.5, 0.6) is 0 Å². The zero-order valence-corrected chi connectivity index (χ0v) is 19.3. The van der Waals surface area contributed by atoms with Crippen molar-refractivity contribution in [3.05, 3.63) is 120 Å². The van der Waals surface area contributed by atoms with Crippen molar-refractivity contribution >= 4 is 21.9 Å². The van der Waals surface area contributed by atoms with Crippen LogP contribution < -0.4 is 5.32 Å². The molecule has 3 aromatic rings. The lowest BCUT2D eigenvalue weighted by Gasteiger charge is -2.46. The van der Waals surface area contributed by atoms with E-state index >= 15 is 0 Å². The van der Waals surface area contributed by atoms with Crippen LogP contribution in [0.25, 0.3) is 21.9 Å². The van der Waals surface area contributed by atoms with Crippen molar-refractivity contribution in [3.63, 3.8) is 0 Å². The van der Waals surface area contributed by atoms with E-state index in [4.69, 9.17) is 4.42 Å². The number of allylic oxidation sites excluding steroid dienone is 7. The smallest absolute Gasteiger partial charge is 0.141 e. The lowest BCUT2D eigenvalue weighted by Crippen LogP contribution is -2.58. The van der Waals surface area contributed by atoms with Gasteiger partial charge in [0.25, 0.3) is 0 Å². The van der Waals surface area contributed by atoms with E-state index in [1.54, 1.807) is 0 Å². The van der Waals surface area contributed by atoms with Crippen molar-refractivity contribution in [2.75, 3.05) is 0 Å². The second kappa shape index (κ2) is 5.92. The average Bonchev–Trinajstić information content (AvgIpc) is 3.58. The zero-order chi connectivity index (χ0) is 22.7. The highest BCUT2D eigenvalue weighted by molar-refractivity contribution is 6.07. The molecule has 3 heteroatoms. The summed E-state index contributed by atoms with van der Waals surface area (Å²) in [6.45, 7) is 4.70.